The van der Waals surface area contributed by atoms with Crippen molar-refractivity contribution in [3.63, 3.8) is 0 Å². The van der Waals surface area contributed by atoms with Crippen LogP contribution in [0.2, 0.25) is 0 Å². The summed E-state index contributed by atoms with van der Waals surface area (Å²) in [6.07, 6.45) is 2.06. The number of anilines is 1. The maximum Gasteiger partial charge on any atom is 0.276 e. The van der Waals surface area contributed by atoms with Gasteiger partial charge in [0.2, 0.25) is 5.91 Å². The zero-order valence-electron chi connectivity index (χ0n) is 14.1. The number of pyridine rings is 1. The highest BCUT2D eigenvalue weighted by Crippen LogP contribution is 2.32. The van der Waals surface area contributed by atoms with Gasteiger partial charge in [-0.2, -0.15) is 4.98 Å². The summed E-state index contributed by atoms with van der Waals surface area (Å²) in [7, 11) is 0. The molecule has 0 aliphatic carbocycles. The van der Waals surface area contributed by atoms with Crippen molar-refractivity contribution in [2.75, 3.05) is 11.4 Å². The van der Waals surface area contributed by atoms with Crippen LogP contribution in [0.25, 0.3) is 11.6 Å². The van der Waals surface area contributed by atoms with Crippen molar-refractivity contribution in [1.82, 2.24) is 15.1 Å². The van der Waals surface area contributed by atoms with E-state index in [1.807, 2.05) is 36.4 Å². The van der Waals surface area contributed by atoms with E-state index in [4.69, 9.17) is 4.52 Å². The molecule has 1 saturated heterocycles. The van der Waals surface area contributed by atoms with E-state index in [-0.39, 0.29) is 11.8 Å². The van der Waals surface area contributed by atoms with Crippen LogP contribution in [-0.4, -0.2) is 27.6 Å². The van der Waals surface area contributed by atoms with Gasteiger partial charge in [0, 0.05) is 30.8 Å². The fourth-order valence-electron chi connectivity index (χ4n) is 3.02. The lowest BCUT2D eigenvalue weighted by molar-refractivity contribution is -0.117. The third-order valence-corrected chi connectivity index (χ3v) is 4.62. The fraction of sp³-hybridized carbons (Fsp3) is 0.263. The number of hydrogen-bond donors (Lipinski definition) is 0. The maximum absolute atomic E-state index is 12.5. The topological polar surface area (TPSA) is 72.1 Å². The molecule has 126 valence electrons. The highest BCUT2D eigenvalue weighted by atomic mass is 16.5. The molecule has 1 aromatic carbocycles. The quantitative estimate of drug-likeness (QED) is 0.735. The first-order valence-corrected chi connectivity index (χ1v) is 8.24. The first kappa shape index (κ1) is 15.5. The van der Waals surface area contributed by atoms with Gasteiger partial charge in [-0.25, -0.2) is 0 Å². The van der Waals surface area contributed by atoms with Gasteiger partial charge in [0.15, 0.2) is 5.82 Å². The highest BCUT2D eigenvalue weighted by Gasteiger charge is 2.34. The molecule has 25 heavy (non-hydrogen) atoms. The summed E-state index contributed by atoms with van der Waals surface area (Å²) in [4.78, 5) is 22.9. The summed E-state index contributed by atoms with van der Waals surface area (Å²) in [5.74, 6) is 0.945. The van der Waals surface area contributed by atoms with Crippen LogP contribution < -0.4 is 4.90 Å². The molecule has 1 aliphatic heterocycles. The molecule has 3 heterocycles. The Bertz CT molecular complexity index is 920. The predicted octanol–water partition coefficient (Wildman–Crippen LogP) is 3.27. The molecular formula is C19H18N4O2. The average molecular weight is 334 g/mol. The third-order valence-electron chi connectivity index (χ3n) is 4.62. The Hall–Kier alpha value is -3.02. The van der Waals surface area contributed by atoms with E-state index in [0.717, 1.165) is 5.69 Å². The SMILES string of the molecule is Cc1ccc(N2CC(c3noc(-c4ccccn4)n3)CC2=O)cc1C. The zero-order valence-corrected chi connectivity index (χ0v) is 14.1. The summed E-state index contributed by atoms with van der Waals surface area (Å²) in [6, 6.07) is 11.6. The normalized spacial score (nSPS) is 17.3. The molecule has 1 fully saturated rings. The number of aromatic nitrogens is 3. The van der Waals surface area contributed by atoms with Crippen LogP contribution in [-0.2, 0) is 4.79 Å². The first-order valence-electron chi connectivity index (χ1n) is 8.24. The van der Waals surface area contributed by atoms with E-state index < -0.39 is 0 Å². The fourth-order valence-corrected chi connectivity index (χ4v) is 3.02. The Balaban J connectivity index is 1.56. The molecule has 1 unspecified atom stereocenters. The molecule has 6 nitrogen and oxygen atoms in total. The Morgan fingerprint density at radius 2 is 2.04 bits per heavy atom. The lowest BCUT2D eigenvalue weighted by atomic mass is 10.1. The molecule has 0 saturated carbocycles. The van der Waals surface area contributed by atoms with Gasteiger partial charge in [0.1, 0.15) is 5.69 Å². The van der Waals surface area contributed by atoms with Crippen molar-refractivity contribution >= 4 is 11.6 Å². The monoisotopic (exact) mass is 334 g/mol. The van der Waals surface area contributed by atoms with Crippen LogP contribution in [0.1, 0.15) is 29.3 Å². The van der Waals surface area contributed by atoms with Crippen molar-refractivity contribution < 1.29 is 9.32 Å². The summed E-state index contributed by atoms with van der Waals surface area (Å²) in [5, 5.41) is 4.06. The van der Waals surface area contributed by atoms with Gasteiger partial charge in [-0.15, -0.1) is 0 Å². The molecule has 2 aromatic heterocycles. The zero-order chi connectivity index (χ0) is 17.4. The Kier molecular flexibility index (Phi) is 3.80. The second kappa shape index (κ2) is 6.12. The molecule has 4 rings (SSSR count). The van der Waals surface area contributed by atoms with E-state index in [9.17, 15) is 4.79 Å². The minimum Gasteiger partial charge on any atom is -0.332 e. The molecule has 1 amide bonds. The van der Waals surface area contributed by atoms with Crippen molar-refractivity contribution in [2.24, 2.45) is 0 Å². The Labute approximate surface area is 145 Å². The molecule has 3 aromatic rings. The smallest absolute Gasteiger partial charge is 0.276 e. The van der Waals surface area contributed by atoms with Crippen LogP contribution in [0.3, 0.4) is 0 Å². The average Bonchev–Trinajstić information content (AvgIpc) is 3.25. The number of benzene rings is 1. The number of hydrogen-bond acceptors (Lipinski definition) is 5. The number of carbonyl (C=O) groups excluding carboxylic acids is 1. The summed E-state index contributed by atoms with van der Waals surface area (Å²) in [6.45, 7) is 4.67. The number of aryl methyl sites for hydroxylation is 2. The molecule has 0 bridgehead atoms. The number of nitrogens with zero attached hydrogens (tertiary/aromatic N) is 4. The predicted molar refractivity (Wildman–Crippen MR) is 93.2 cm³/mol. The van der Waals surface area contributed by atoms with Crippen molar-refractivity contribution in [2.45, 2.75) is 26.2 Å². The van der Waals surface area contributed by atoms with Gasteiger partial charge < -0.3 is 9.42 Å². The minimum atomic E-state index is -0.0738. The van der Waals surface area contributed by atoms with E-state index >= 15 is 0 Å². The maximum atomic E-state index is 12.5. The van der Waals surface area contributed by atoms with Crippen LogP contribution in [0.5, 0.6) is 0 Å². The molecule has 0 N–H and O–H groups in total. The lowest BCUT2D eigenvalue weighted by Gasteiger charge is -2.17. The van der Waals surface area contributed by atoms with Gasteiger partial charge in [-0.3, -0.25) is 9.78 Å². The van der Waals surface area contributed by atoms with Crippen LogP contribution in [0.15, 0.2) is 47.1 Å². The lowest BCUT2D eigenvalue weighted by Crippen LogP contribution is -2.24. The van der Waals surface area contributed by atoms with Crippen LogP contribution in [0.4, 0.5) is 5.69 Å². The summed E-state index contributed by atoms with van der Waals surface area (Å²) in [5.41, 5.74) is 3.94. The second-order valence-corrected chi connectivity index (χ2v) is 6.35. The van der Waals surface area contributed by atoms with Crippen LogP contribution >= 0.6 is 0 Å². The Morgan fingerprint density at radius 3 is 2.80 bits per heavy atom. The second-order valence-electron chi connectivity index (χ2n) is 6.35. The highest BCUT2D eigenvalue weighted by molar-refractivity contribution is 5.96. The van der Waals surface area contributed by atoms with E-state index in [1.54, 1.807) is 11.1 Å². The Morgan fingerprint density at radius 1 is 1.16 bits per heavy atom. The molecule has 1 atom stereocenters. The van der Waals surface area contributed by atoms with Crippen molar-refractivity contribution in [1.29, 1.82) is 0 Å². The third kappa shape index (κ3) is 2.91. The van der Waals surface area contributed by atoms with Gasteiger partial charge in [0.05, 0.1) is 0 Å². The number of rotatable bonds is 3. The van der Waals surface area contributed by atoms with Crippen molar-refractivity contribution in [3.05, 3.63) is 59.5 Å². The summed E-state index contributed by atoms with van der Waals surface area (Å²) >= 11 is 0. The number of amides is 1. The van der Waals surface area contributed by atoms with Gasteiger partial charge in [-0.05, 0) is 49.2 Å². The van der Waals surface area contributed by atoms with E-state index in [2.05, 4.69) is 29.0 Å². The van der Waals surface area contributed by atoms with Gasteiger partial charge in [-0.1, -0.05) is 17.3 Å². The molecule has 0 spiro atoms. The first-order chi connectivity index (χ1) is 12.1. The number of carbonyl (C=O) groups is 1. The van der Waals surface area contributed by atoms with Crippen LogP contribution in [0, 0.1) is 13.8 Å². The molecular weight excluding hydrogens is 316 g/mol. The largest absolute Gasteiger partial charge is 0.332 e. The minimum absolute atomic E-state index is 0.0738. The standard InChI is InChI=1S/C19H18N4O2/c1-12-6-7-15(9-13(12)2)23-11-14(10-17(23)24)18-21-19(25-22-18)16-5-3-4-8-20-16/h3-9,14H,10-11H2,1-2H3. The van der Waals surface area contributed by atoms with E-state index in [0.29, 0.717) is 30.4 Å². The van der Waals surface area contributed by atoms with Gasteiger partial charge in [0.25, 0.3) is 5.89 Å². The molecule has 6 heteroatoms. The van der Waals surface area contributed by atoms with E-state index in [1.165, 1.54) is 11.1 Å². The summed E-state index contributed by atoms with van der Waals surface area (Å²) < 4.78 is 5.32. The molecule has 0 radical (unpaired) electrons. The van der Waals surface area contributed by atoms with Gasteiger partial charge >= 0.3 is 0 Å². The molecule has 1 aliphatic rings. The van der Waals surface area contributed by atoms with Crippen molar-refractivity contribution in [3.8, 4) is 11.6 Å².